The van der Waals surface area contributed by atoms with Crippen LogP contribution in [0.4, 0.5) is 0 Å². The Kier molecular flexibility index (Phi) is 4.77. The van der Waals surface area contributed by atoms with Crippen molar-refractivity contribution in [1.29, 1.82) is 0 Å². The molecule has 1 atom stereocenters. The number of halogens is 1. The van der Waals surface area contributed by atoms with Crippen LogP contribution in [0.2, 0.25) is 0 Å². The van der Waals surface area contributed by atoms with Gasteiger partial charge in [-0.15, -0.1) is 0 Å². The molecule has 3 nitrogen and oxygen atoms in total. The third-order valence-electron chi connectivity index (χ3n) is 3.40. The minimum Gasteiger partial charge on any atom is -0.313 e. The Hall–Kier alpha value is -1.13. The van der Waals surface area contributed by atoms with E-state index in [4.69, 9.17) is 0 Å². The molecular formula is C15H20BrN3. The molecule has 0 bridgehead atoms. The first-order chi connectivity index (χ1) is 9.13. The summed E-state index contributed by atoms with van der Waals surface area (Å²) in [5.41, 5.74) is 3.70. The van der Waals surface area contributed by atoms with E-state index in [1.807, 2.05) is 18.8 Å². The van der Waals surface area contributed by atoms with Crippen LogP contribution in [0.25, 0.3) is 0 Å². The zero-order chi connectivity index (χ0) is 13.8. The van der Waals surface area contributed by atoms with E-state index in [-0.39, 0.29) is 0 Å². The lowest BCUT2D eigenvalue weighted by molar-refractivity contribution is 0.561. The Morgan fingerprint density at radius 2 is 2.16 bits per heavy atom. The van der Waals surface area contributed by atoms with E-state index in [0.717, 1.165) is 23.0 Å². The number of likely N-dealkylation sites (N-methyl/N-ethyl adjacent to an activating group) is 1. The number of benzene rings is 1. The number of nitrogens with one attached hydrogen (secondary N) is 1. The van der Waals surface area contributed by atoms with Gasteiger partial charge in [0.2, 0.25) is 0 Å². The molecule has 19 heavy (non-hydrogen) atoms. The third kappa shape index (κ3) is 3.45. The molecule has 2 rings (SSSR count). The number of hydrogen-bond donors (Lipinski definition) is 1. The predicted octanol–water partition coefficient (Wildman–Crippen LogP) is 3.25. The maximum Gasteiger partial charge on any atom is 0.0624 e. The smallest absolute Gasteiger partial charge is 0.0624 e. The molecule has 0 saturated heterocycles. The summed E-state index contributed by atoms with van der Waals surface area (Å²) in [5.74, 6) is 0. The summed E-state index contributed by atoms with van der Waals surface area (Å²) < 4.78 is 3.10. The first-order valence-electron chi connectivity index (χ1n) is 6.58. The fourth-order valence-electron chi connectivity index (χ4n) is 2.25. The second-order valence-electron chi connectivity index (χ2n) is 4.70. The van der Waals surface area contributed by atoms with E-state index < -0.39 is 0 Å². The highest BCUT2D eigenvalue weighted by Gasteiger charge is 2.13. The number of aryl methyl sites for hydroxylation is 2. The quantitative estimate of drug-likeness (QED) is 0.916. The van der Waals surface area contributed by atoms with Crippen molar-refractivity contribution < 1.29 is 0 Å². The molecule has 1 heterocycles. The highest BCUT2D eigenvalue weighted by molar-refractivity contribution is 9.10. The SMILES string of the molecule is CCc1cc(CC(NC)c2cccc(Br)c2)n(C)n1. The summed E-state index contributed by atoms with van der Waals surface area (Å²) in [6, 6.07) is 10.9. The van der Waals surface area contributed by atoms with Gasteiger partial charge in [-0.25, -0.2) is 0 Å². The molecule has 0 aliphatic carbocycles. The number of rotatable bonds is 5. The molecule has 102 valence electrons. The van der Waals surface area contributed by atoms with Crippen LogP contribution in [0.3, 0.4) is 0 Å². The molecule has 1 unspecified atom stereocenters. The van der Waals surface area contributed by atoms with E-state index in [2.05, 4.69) is 63.6 Å². The maximum atomic E-state index is 4.51. The highest BCUT2D eigenvalue weighted by Crippen LogP contribution is 2.21. The molecule has 0 fully saturated rings. The standard InChI is InChI=1S/C15H20BrN3/c1-4-13-9-14(19(3)18-13)10-15(17-2)11-6-5-7-12(16)8-11/h5-9,15,17H,4,10H2,1-3H3. The Labute approximate surface area is 123 Å². The minimum atomic E-state index is 0.303. The summed E-state index contributed by atoms with van der Waals surface area (Å²) in [6.45, 7) is 2.13. The van der Waals surface area contributed by atoms with E-state index in [1.165, 1.54) is 11.3 Å². The molecular weight excluding hydrogens is 302 g/mol. The van der Waals surface area contributed by atoms with E-state index in [9.17, 15) is 0 Å². The Balaban J connectivity index is 2.21. The predicted molar refractivity (Wildman–Crippen MR) is 82.2 cm³/mol. The van der Waals surface area contributed by atoms with Crippen molar-refractivity contribution in [2.24, 2.45) is 7.05 Å². The minimum absolute atomic E-state index is 0.303. The van der Waals surface area contributed by atoms with Crippen LogP contribution in [-0.2, 0) is 19.9 Å². The molecule has 0 aliphatic heterocycles. The fraction of sp³-hybridized carbons (Fsp3) is 0.400. The fourth-order valence-corrected chi connectivity index (χ4v) is 2.67. The van der Waals surface area contributed by atoms with Gasteiger partial charge in [0.15, 0.2) is 0 Å². The molecule has 0 amide bonds. The van der Waals surface area contributed by atoms with Crippen molar-refractivity contribution in [3.05, 3.63) is 51.8 Å². The second-order valence-corrected chi connectivity index (χ2v) is 5.62. The van der Waals surface area contributed by atoms with Gasteiger partial charge in [0.05, 0.1) is 5.69 Å². The van der Waals surface area contributed by atoms with Crippen LogP contribution in [0.15, 0.2) is 34.8 Å². The second kappa shape index (κ2) is 6.35. The van der Waals surface area contributed by atoms with Gasteiger partial charge in [-0.05, 0) is 37.2 Å². The van der Waals surface area contributed by atoms with Crippen molar-refractivity contribution in [1.82, 2.24) is 15.1 Å². The molecule has 2 aromatic rings. The lowest BCUT2D eigenvalue weighted by atomic mass is 10.0. The highest BCUT2D eigenvalue weighted by atomic mass is 79.9. The van der Waals surface area contributed by atoms with Gasteiger partial charge in [-0.2, -0.15) is 5.10 Å². The molecule has 0 radical (unpaired) electrons. The average molecular weight is 322 g/mol. The van der Waals surface area contributed by atoms with Crippen LogP contribution in [0, 0.1) is 0 Å². The van der Waals surface area contributed by atoms with Crippen LogP contribution in [0.5, 0.6) is 0 Å². The Morgan fingerprint density at radius 1 is 1.37 bits per heavy atom. The van der Waals surface area contributed by atoms with Crippen LogP contribution >= 0.6 is 15.9 Å². The average Bonchev–Trinajstić information content (AvgIpc) is 2.76. The van der Waals surface area contributed by atoms with Crippen molar-refractivity contribution in [3.63, 3.8) is 0 Å². The zero-order valence-corrected chi connectivity index (χ0v) is 13.2. The van der Waals surface area contributed by atoms with Crippen molar-refractivity contribution >= 4 is 15.9 Å². The van der Waals surface area contributed by atoms with Gasteiger partial charge < -0.3 is 5.32 Å². The van der Waals surface area contributed by atoms with Gasteiger partial charge in [-0.3, -0.25) is 4.68 Å². The van der Waals surface area contributed by atoms with Gasteiger partial charge in [0, 0.05) is 29.7 Å². The number of aromatic nitrogens is 2. The molecule has 1 aromatic heterocycles. The van der Waals surface area contributed by atoms with Crippen molar-refractivity contribution in [2.75, 3.05) is 7.05 Å². The molecule has 0 spiro atoms. The first kappa shape index (κ1) is 14.3. The summed E-state index contributed by atoms with van der Waals surface area (Å²) in [4.78, 5) is 0. The topological polar surface area (TPSA) is 29.9 Å². The maximum absolute atomic E-state index is 4.51. The first-order valence-corrected chi connectivity index (χ1v) is 7.37. The van der Waals surface area contributed by atoms with Crippen molar-refractivity contribution in [2.45, 2.75) is 25.8 Å². The van der Waals surface area contributed by atoms with Gasteiger partial charge >= 0.3 is 0 Å². The summed E-state index contributed by atoms with van der Waals surface area (Å²) in [7, 11) is 4.02. The molecule has 1 aromatic carbocycles. The lowest BCUT2D eigenvalue weighted by Crippen LogP contribution is -2.20. The normalized spacial score (nSPS) is 12.6. The summed E-state index contributed by atoms with van der Waals surface area (Å²) >= 11 is 3.53. The Morgan fingerprint density at radius 3 is 2.74 bits per heavy atom. The number of hydrogen-bond acceptors (Lipinski definition) is 2. The summed E-state index contributed by atoms with van der Waals surface area (Å²) in [5, 5.41) is 7.89. The third-order valence-corrected chi connectivity index (χ3v) is 3.90. The van der Waals surface area contributed by atoms with Crippen molar-refractivity contribution in [3.8, 4) is 0 Å². The van der Waals surface area contributed by atoms with E-state index >= 15 is 0 Å². The monoisotopic (exact) mass is 321 g/mol. The summed E-state index contributed by atoms with van der Waals surface area (Å²) in [6.07, 6.45) is 1.92. The van der Waals surface area contributed by atoms with Gasteiger partial charge in [0.25, 0.3) is 0 Å². The number of nitrogens with zero attached hydrogens (tertiary/aromatic N) is 2. The van der Waals surface area contributed by atoms with Crippen LogP contribution < -0.4 is 5.32 Å². The van der Waals surface area contributed by atoms with Crippen LogP contribution in [0.1, 0.15) is 29.9 Å². The van der Waals surface area contributed by atoms with E-state index in [1.54, 1.807) is 0 Å². The molecule has 1 N–H and O–H groups in total. The molecule has 4 heteroatoms. The largest absolute Gasteiger partial charge is 0.313 e. The Bertz CT molecular complexity index is 548. The van der Waals surface area contributed by atoms with Crippen LogP contribution in [-0.4, -0.2) is 16.8 Å². The van der Waals surface area contributed by atoms with Gasteiger partial charge in [-0.1, -0.05) is 35.0 Å². The lowest BCUT2D eigenvalue weighted by Gasteiger charge is -2.17. The van der Waals surface area contributed by atoms with E-state index in [0.29, 0.717) is 6.04 Å². The molecule has 0 saturated carbocycles. The zero-order valence-electron chi connectivity index (χ0n) is 11.7. The molecule has 0 aliphatic rings. The van der Waals surface area contributed by atoms with Gasteiger partial charge in [0.1, 0.15) is 0 Å².